The van der Waals surface area contributed by atoms with Crippen molar-refractivity contribution in [3.05, 3.63) is 47.3 Å². The molecule has 0 aromatic heterocycles. The summed E-state index contributed by atoms with van der Waals surface area (Å²) in [6, 6.07) is 4.33. The number of carbonyl (C=O) groups is 1. The van der Waals surface area contributed by atoms with Crippen LogP contribution in [-0.2, 0) is 6.42 Å². The molecule has 0 spiro atoms. The Bertz CT molecular complexity index is 573. The number of hydrogen-bond donors (Lipinski definition) is 3. The zero-order valence-corrected chi connectivity index (χ0v) is 11.7. The van der Waals surface area contributed by atoms with Crippen LogP contribution in [0.2, 0.25) is 0 Å². The van der Waals surface area contributed by atoms with Crippen LogP contribution < -0.4 is 10.6 Å². The Kier molecular flexibility index (Phi) is 3.92. The van der Waals surface area contributed by atoms with Gasteiger partial charge in [-0.05, 0) is 42.5 Å². The Hall–Kier alpha value is -1.88. The fourth-order valence-corrected chi connectivity index (χ4v) is 3.11. The maximum absolute atomic E-state index is 13.3. The molecule has 0 aliphatic heterocycles. The van der Waals surface area contributed by atoms with Crippen molar-refractivity contribution in [1.29, 1.82) is 0 Å². The van der Waals surface area contributed by atoms with Crippen LogP contribution in [0.15, 0.2) is 30.4 Å². The standard InChI is InChI=1S/C16H19FN2O2/c17-12-4-2-11-3-6-15(14(11)8-12)19-16(21)18-13-5-1-10(7-13)9-20/h1-2,4-5,8,10,13,15,20H,3,6-7,9H2,(H2,18,19,21)/t10-,13+,15?/m0/s1. The van der Waals surface area contributed by atoms with Gasteiger partial charge in [-0.2, -0.15) is 0 Å². The lowest BCUT2D eigenvalue weighted by Crippen LogP contribution is -2.42. The van der Waals surface area contributed by atoms with E-state index in [0.717, 1.165) is 30.4 Å². The maximum atomic E-state index is 13.3. The topological polar surface area (TPSA) is 61.4 Å². The molecule has 0 saturated carbocycles. The summed E-state index contributed by atoms with van der Waals surface area (Å²) >= 11 is 0. The van der Waals surface area contributed by atoms with E-state index in [9.17, 15) is 9.18 Å². The summed E-state index contributed by atoms with van der Waals surface area (Å²) in [4.78, 5) is 12.0. The second-order valence-electron chi connectivity index (χ2n) is 5.72. The number of hydrogen-bond acceptors (Lipinski definition) is 2. The molecule has 21 heavy (non-hydrogen) atoms. The lowest BCUT2D eigenvalue weighted by Gasteiger charge is -2.18. The van der Waals surface area contributed by atoms with Crippen molar-refractivity contribution in [2.75, 3.05) is 6.61 Å². The number of nitrogens with one attached hydrogen (secondary N) is 2. The summed E-state index contributed by atoms with van der Waals surface area (Å²) in [5.41, 5.74) is 1.98. The smallest absolute Gasteiger partial charge is 0.315 e. The van der Waals surface area contributed by atoms with Gasteiger partial charge in [0.25, 0.3) is 0 Å². The molecule has 0 bridgehead atoms. The summed E-state index contributed by atoms with van der Waals surface area (Å²) in [6.07, 6.45) is 6.20. The average molecular weight is 290 g/mol. The van der Waals surface area contributed by atoms with Gasteiger partial charge in [0, 0.05) is 18.6 Å². The monoisotopic (exact) mass is 290 g/mol. The molecular formula is C16H19FN2O2. The molecule has 0 heterocycles. The summed E-state index contributed by atoms with van der Waals surface area (Å²) in [5.74, 6) is -0.149. The lowest BCUT2D eigenvalue weighted by atomic mass is 10.1. The Morgan fingerprint density at radius 2 is 2.19 bits per heavy atom. The van der Waals surface area contributed by atoms with Crippen LogP contribution >= 0.6 is 0 Å². The molecule has 0 saturated heterocycles. The number of fused-ring (bicyclic) bond motifs is 1. The van der Waals surface area contributed by atoms with Gasteiger partial charge in [0.15, 0.2) is 0 Å². The minimum Gasteiger partial charge on any atom is -0.396 e. The second-order valence-corrected chi connectivity index (χ2v) is 5.72. The van der Waals surface area contributed by atoms with Crippen molar-refractivity contribution in [2.24, 2.45) is 5.92 Å². The van der Waals surface area contributed by atoms with Gasteiger partial charge in [-0.25, -0.2) is 9.18 Å². The molecule has 2 aliphatic rings. The van der Waals surface area contributed by atoms with E-state index in [0.29, 0.717) is 0 Å². The van der Waals surface area contributed by atoms with Crippen LogP contribution in [0.5, 0.6) is 0 Å². The molecule has 0 fully saturated rings. The number of aliphatic hydroxyl groups is 1. The number of halogens is 1. The van der Waals surface area contributed by atoms with Gasteiger partial charge in [-0.3, -0.25) is 0 Å². The van der Waals surface area contributed by atoms with E-state index in [4.69, 9.17) is 5.11 Å². The van der Waals surface area contributed by atoms with E-state index < -0.39 is 0 Å². The van der Waals surface area contributed by atoms with Crippen LogP contribution in [0.3, 0.4) is 0 Å². The van der Waals surface area contributed by atoms with Gasteiger partial charge < -0.3 is 15.7 Å². The molecule has 0 radical (unpaired) electrons. The molecule has 3 N–H and O–H groups in total. The van der Waals surface area contributed by atoms with Crippen molar-refractivity contribution < 1.29 is 14.3 Å². The first kappa shape index (κ1) is 14.1. The number of carbonyl (C=O) groups excluding carboxylic acids is 1. The highest BCUT2D eigenvalue weighted by atomic mass is 19.1. The van der Waals surface area contributed by atoms with E-state index >= 15 is 0 Å². The maximum Gasteiger partial charge on any atom is 0.315 e. The highest BCUT2D eigenvalue weighted by Crippen LogP contribution is 2.31. The normalized spacial score (nSPS) is 26.7. The molecule has 5 heteroatoms. The molecule has 2 amide bonds. The number of aryl methyl sites for hydroxylation is 1. The van der Waals surface area contributed by atoms with Gasteiger partial charge >= 0.3 is 6.03 Å². The third kappa shape index (κ3) is 3.08. The Morgan fingerprint density at radius 3 is 2.95 bits per heavy atom. The van der Waals surface area contributed by atoms with Crippen molar-refractivity contribution in [3.63, 3.8) is 0 Å². The highest BCUT2D eigenvalue weighted by Gasteiger charge is 2.26. The molecule has 1 aromatic carbocycles. The summed E-state index contributed by atoms with van der Waals surface area (Å²) < 4.78 is 13.3. The van der Waals surface area contributed by atoms with Crippen molar-refractivity contribution in [3.8, 4) is 0 Å². The number of benzene rings is 1. The third-order valence-corrected chi connectivity index (χ3v) is 4.21. The molecule has 3 rings (SSSR count). The van der Waals surface area contributed by atoms with E-state index in [1.807, 2.05) is 12.2 Å². The largest absolute Gasteiger partial charge is 0.396 e. The number of urea groups is 1. The second kappa shape index (κ2) is 5.85. The molecule has 1 aromatic rings. The van der Waals surface area contributed by atoms with Gasteiger partial charge in [0.2, 0.25) is 0 Å². The van der Waals surface area contributed by atoms with Gasteiger partial charge in [0.1, 0.15) is 5.82 Å². The zero-order chi connectivity index (χ0) is 14.8. The lowest BCUT2D eigenvalue weighted by molar-refractivity contribution is 0.228. The molecular weight excluding hydrogens is 271 g/mol. The predicted molar refractivity (Wildman–Crippen MR) is 77.3 cm³/mol. The Balaban J connectivity index is 1.58. The minimum atomic E-state index is -0.271. The zero-order valence-electron chi connectivity index (χ0n) is 11.7. The fourth-order valence-electron chi connectivity index (χ4n) is 3.11. The SMILES string of the molecule is O=C(NC1CCc2ccc(F)cc21)N[C@@H]1C=C[C@H](CO)C1. The third-order valence-electron chi connectivity index (χ3n) is 4.21. The fraction of sp³-hybridized carbons (Fsp3) is 0.438. The quantitative estimate of drug-likeness (QED) is 0.746. The summed E-state index contributed by atoms with van der Waals surface area (Å²) in [6.45, 7) is 0.103. The number of aliphatic hydroxyl groups excluding tert-OH is 1. The average Bonchev–Trinajstić information content (AvgIpc) is 3.06. The van der Waals surface area contributed by atoms with E-state index in [-0.39, 0.29) is 36.5 Å². The highest BCUT2D eigenvalue weighted by molar-refractivity contribution is 5.75. The van der Waals surface area contributed by atoms with Crippen LogP contribution in [0.25, 0.3) is 0 Å². The first-order valence-corrected chi connectivity index (χ1v) is 7.30. The molecule has 112 valence electrons. The van der Waals surface area contributed by atoms with E-state index in [1.54, 1.807) is 6.07 Å². The minimum absolute atomic E-state index is 0.0458. The summed E-state index contributed by atoms with van der Waals surface area (Å²) in [7, 11) is 0. The molecule has 2 aliphatic carbocycles. The van der Waals surface area contributed by atoms with Gasteiger partial charge in [-0.15, -0.1) is 0 Å². The summed E-state index contributed by atoms with van der Waals surface area (Å²) in [5, 5.41) is 14.9. The van der Waals surface area contributed by atoms with Crippen LogP contribution in [0.4, 0.5) is 9.18 Å². The molecule has 1 unspecified atom stereocenters. The van der Waals surface area contributed by atoms with Gasteiger partial charge in [0.05, 0.1) is 6.04 Å². The first-order chi connectivity index (χ1) is 10.2. The van der Waals surface area contributed by atoms with Gasteiger partial charge in [-0.1, -0.05) is 18.2 Å². The van der Waals surface area contributed by atoms with Crippen LogP contribution in [-0.4, -0.2) is 23.8 Å². The predicted octanol–water partition coefficient (Wildman–Crippen LogP) is 2.05. The first-order valence-electron chi connectivity index (χ1n) is 7.30. The molecule has 4 nitrogen and oxygen atoms in total. The van der Waals surface area contributed by atoms with E-state index in [2.05, 4.69) is 10.6 Å². The number of amides is 2. The Morgan fingerprint density at radius 1 is 1.33 bits per heavy atom. The van der Waals surface area contributed by atoms with Crippen molar-refractivity contribution in [1.82, 2.24) is 10.6 Å². The Labute approximate surface area is 123 Å². The van der Waals surface area contributed by atoms with Crippen LogP contribution in [0.1, 0.15) is 30.0 Å². The number of rotatable bonds is 3. The van der Waals surface area contributed by atoms with Crippen LogP contribution in [0, 0.1) is 11.7 Å². The van der Waals surface area contributed by atoms with Crippen molar-refractivity contribution in [2.45, 2.75) is 31.3 Å². The molecule has 3 atom stereocenters. The van der Waals surface area contributed by atoms with E-state index in [1.165, 1.54) is 12.1 Å². The van der Waals surface area contributed by atoms with Crippen molar-refractivity contribution >= 4 is 6.03 Å².